The largest absolute Gasteiger partial charge is 0.386 e. The summed E-state index contributed by atoms with van der Waals surface area (Å²) < 4.78 is 1.60. The number of para-hydroxylation sites is 1. The molecule has 0 aliphatic rings. The highest BCUT2D eigenvalue weighted by molar-refractivity contribution is 5.28. The Hall–Kier alpha value is -2.54. The summed E-state index contributed by atoms with van der Waals surface area (Å²) in [7, 11) is 1.79. The number of hydrogen-bond acceptors (Lipinski definition) is 5. The van der Waals surface area contributed by atoms with Gasteiger partial charge in [-0.05, 0) is 12.1 Å². The molecule has 0 amide bonds. The Kier molecular flexibility index (Phi) is 3.26. The summed E-state index contributed by atoms with van der Waals surface area (Å²) in [4.78, 5) is 1.50. The molecule has 1 aromatic carbocycles. The predicted octanol–water partition coefficient (Wildman–Crippen LogP) is 0.672. The third-order valence-corrected chi connectivity index (χ3v) is 2.89. The fourth-order valence-electron chi connectivity index (χ4n) is 1.90. The molecule has 0 spiro atoms. The van der Waals surface area contributed by atoms with Gasteiger partial charge in [-0.3, -0.25) is 4.68 Å². The Bertz CT molecular complexity index is 690. The molecule has 2 heterocycles. The Morgan fingerprint density at radius 2 is 2.05 bits per heavy atom. The lowest BCUT2D eigenvalue weighted by molar-refractivity contribution is 0.172. The molecule has 1 atom stereocenters. The number of hydrogen-bond donors (Lipinski definition) is 1. The average molecular weight is 270 g/mol. The molecule has 2 aromatic heterocycles. The van der Waals surface area contributed by atoms with E-state index in [9.17, 15) is 5.11 Å². The average Bonchev–Trinajstić information content (AvgIpc) is 3.09. The number of aliphatic hydroxyl groups is 1. The third kappa shape index (κ3) is 2.57. The van der Waals surface area contributed by atoms with Gasteiger partial charge in [-0.2, -0.15) is 15.0 Å². The molecular formula is C13H14N6O. The van der Waals surface area contributed by atoms with E-state index in [-0.39, 0.29) is 0 Å². The van der Waals surface area contributed by atoms with Crippen molar-refractivity contribution in [2.75, 3.05) is 0 Å². The molecule has 0 radical (unpaired) electrons. The van der Waals surface area contributed by atoms with Crippen molar-refractivity contribution in [1.82, 2.24) is 30.0 Å². The molecule has 0 bridgehead atoms. The van der Waals surface area contributed by atoms with Crippen LogP contribution >= 0.6 is 0 Å². The number of aliphatic hydroxyl groups excluding tert-OH is 1. The second kappa shape index (κ2) is 5.22. The van der Waals surface area contributed by atoms with Crippen LogP contribution in [0.15, 0.2) is 42.7 Å². The highest BCUT2D eigenvalue weighted by atomic mass is 16.3. The smallest absolute Gasteiger partial charge is 0.112 e. The maximum Gasteiger partial charge on any atom is 0.112 e. The van der Waals surface area contributed by atoms with Crippen LogP contribution in [0.3, 0.4) is 0 Å². The molecule has 7 nitrogen and oxygen atoms in total. The van der Waals surface area contributed by atoms with Crippen molar-refractivity contribution in [3.05, 3.63) is 54.1 Å². The summed E-state index contributed by atoms with van der Waals surface area (Å²) in [6.07, 6.45) is 2.95. The van der Waals surface area contributed by atoms with Gasteiger partial charge in [-0.1, -0.05) is 23.4 Å². The first-order valence-electron chi connectivity index (χ1n) is 6.23. The minimum Gasteiger partial charge on any atom is -0.386 e. The van der Waals surface area contributed by atoms with E-state index in [2.05, 4.69) is 20.5 Å². The fourth-order valence-corrected chi connectivity index (χ4v) is 1.90. The van der Waals surface area contributed by atoms with Crippen LogP contribution in [0.1, 0.15) is 17.5 Å². The SMILES string of the molecule is Cn1cc(CC(O)c2cnn(-c3ccccc3)n2)nn1. The summed E-state index contributed by atoms with van der Waals surface area (Å²) in [5.74, 6) is 0. The quantitative estimate of drug-likeness (QED) is 0.753. The molecule has 102 valence electrons. The van der Waals surface area contributed by atoms with Gasteiger partial charge in [0.1, 0.15) is 11.8 Å². The van der Waals surface area contributed by atoms with Crippen LogP contribution in [-0.2, 0) is 13.5 Å². The van der Waals surface area contributed by atoms with Gasteiger partial charge < -0.3 is 5.11 Å². The van der Waals surface area contributed by atoms with Crippen LogP contribution in [0, 0.1) is 0 Å². The van der Waals surface area contributed by atoms with E-state index in [1.54, 1.807) is 24.1 Å². The zero-order valence-electron chi connectivity index (χ0n) is 11.0. The molecule has 0 saturated heterocycles. The first kappa shape index (κ1) is 12.5. The van der Waals surface area contributed by atoms with E-state index in [0.29, 0.717) is 17.8 Å². The Morgan fingerprint density at radius 1 is 1.25 bits per heavy atom. The van der Waals surface area contributed by atoms with Crippen LogP contribution in [0.2, 0.25) is 0 Å². The van der Waals surface area contributed by atoms with Crippen LogP contribution in [0.25, 0.3) is 5.69 Å². The predicted molar refractivity (Wildman–Crippen MR) is 71.0 cm³/mol. The first-order chi connectivity index (χ1) is 9.72. The number of aryl methyl sites for hydroxylation is 1. The molecule has 3 aromatic rings. The maximum absolute atomic E-state index is 10.2. The van der Waals surface area contributed by atoms with Gasteiger partial charge in [0.15, 0.2) is 0 Å². The summed E-state index contributed by atoms with van der Waals surface area (Å²) in [5, 5.41) is 26.4. The van der Waals surface area contributed by atoms with Crippen molar-refractivity contribution in [3.63, 3.8) is 0 Å². The van der Waals surface area contributed by atoms with Crippen LogP contribution < -0.4 is 0 Å². The van der Waals surface area contributed by atoms with Crippen molar-refractivity contribution >= 4 is 0 Å². The minimum absolute atomic E-state index is 0.362. The van der Waals surface area contributed by atoms with E-state index < -0.39 is 6.10 Å². The lowest BCUT2D eigenvalue weighted by atomic mass is 10.1. The standard InChI is InChI=1S/C13H14N6O/c1-18-9-10(15-17-18)7-13(20)12-8-14-19(16-12)11-5-3-2-4-6-11/h2-6,8-9,13,20H,7H2,1H3. The molecule has 0 saturated carbocycles. The Morgan fingerprint density at radius 3 is 2.75 bits per heavy atom. The lowest BCUT2D eigenvalue weighted by Gasteiger charge is -2.03. The van der Waals surface area contributed by atoms with Crippen LogP contribution in [-0.4, -0.2) is 35.1 Å². The fraction of sp³-hybridized carbons (Fsp3) is 0.231. The summed E-state index contributed by atoms with van der Waals surface area (Å²) in [5.41, 5.74) is 2.08. The number of aromatic nitrogens is 6. The molecule has 0 fully saturated rings. The van der Waals surface area contributed by atoms with Gasteiger partial charge in [0.25, 0.3) is 0 Å². The number of nitrogens with zero attached hydrogens (tertiary/aromatic N) is 6. The summed E-state index contributed by atoms with van der Waals surface area (Å²) in [6, 6.07) is 9.55. The zero-order chi connectivity index (χ0) is 13.9. The monoisotopic (exact) mass is 270 g/mol. The normalized spacial score (nSPS) is 12.5. The molecular weight excluding hydrogens is 256 g/mol. The minimum atomic E-state index is -0.746. The van der Waals surface area contributed by atoms with Crippen molar-refractivity contribution in [3.8, 4) is 5.69 Å². The molecule has 7 heteroatoms. The van der Waals surface area contributed by atoms with Crippen molar-refractivity contribution in [2.24, 2.45) is 7.05 Å². The van der Waals surface area contributed by atoms with Crippen LogP contribution in [0.5, 0.6) is 0 Å². The maximum atomic E-state index is 10.2. The van der Waals surface area contributed by atoms with Gasteiger partial charge in [0, 0.05) is 19.7 Å². The summed E-state index contributed by atoms with van der Waals surface area (Å²) in [6.45, 7) is 0. The van der Waals surface area contributed by atoms with E-state index in [0.717, 1.165) is 5.69 Å². The van der Waals surface area contributed by atoms with E-state index >= 15 is 0 Å². The molecule has 3 rings (SSSR count). The van der Waals surface area contributed by atoms with Gasteiger partial charge in [-0.25, -0.2) is 0 Å². The van der Waals surface area contributed by atoms with E-state index in [1.165, 1.54) is 4.80 Å². The number of benzene rings is 1. The second-order valence-corrected chi connectivity index (χ2v) is 4.50. The third-order valence-electron chi connectivity index (χ3n) is 2.89. The van der Waals surface area contributed by atoms with Crippen molar-refractivity contribution < 1.29 is 5.11 Å². The molecule has 1 unspecified atom stereocenters. The Labute approximate surface area is 115 Å². The topological polar surface area (TPSA) is 81.6 Å². The highest BCUT2D eigenvalue weighted by Gasteiger charge is 2.15. The van der Waals surface area contributed by atoms with Crippen LogP contribution in [0.4, 0.5) is 0 Å². The Balaban J connectivity index is 1.76. The van der Waals surface area contributed by atoms with Gasteiger partial charge in [-0.15, -0.1) is 5.10 Å². The van der Waals surface area contributed by atoms with E-state index in [4.69, 9.17) is 0 Å². The molecule has 0 aliphatic carbocycles. The van der Waals surface area contributed by atoms with Gasteiger partial charge in [0.05, 0.1) is 17.6 Å². The zero-order valence-corrected chi connectivity index (χ0v) is 11.0. The summed E-state index contributed by atoms with van der Waals surface area (Å²) >= 11 is 0. The number of rotatable bonds is 4. The highest BCUT2D eigenvalue weighted by Crippen LogP contribution is 2.15. The lowest BCUT2D eigenvalue weighted by Crippen LogP contribution is -2.05. The second-order valence-electron chi connectivity index (χ2n) is 4.50. The van der Waals surface area contributed by atoms with Gasteiger partial charge in [0.2, 0.25) is 0 Å². The first-order valence-corrected chi connectivity index (χ1v) is 6.23. The molecule has 1 N–H and O–H groups in total. The molecule has 0 aliphatic heterocycles. The molecule has 20 heavy (non-hydrogen) atoms. The van der Waals surface area contributed by atoms with Crippen molar-refractivity contribution in [1.29, 1.82) is 0 Å². The van der Waals surface area contributed by atoms with Crippen molar-refractivity contribution in [2.45, 2.75) is 12.5 Å². The van der Waals surface area contributed by atoms with E-state index in [1.807, 2.05) is 30.3 Å². The van der Waals surface area contributed by atoms with Gasteiger partial charge >= 0.3 is 0 Å².